The third-order valence-electron chi connectivity index (χ3n) is 3.41. The quantitative estimate of drug-likeness (QED) is 0.941. The van der Waals surface area contributed by atoms with Crippen LogP contribution in [0.25, 0.3) is 0 Å². The predicted octanol–water partition coefficient (Wildman–Crippen LogP) is 2.20. The van der Waals surface area contributed by atoms with Crippen molar-refractivity contribution >= 4 is 22.4 Å². The highest BCUT2D eigenvalue weighted by molar-refractivity contribution is 7.15. The molecule has 2 aromatic rings. The van der Waals surface area contributed by atoms with Crippen LogP contribution in [0.4, 0.5) is 9.52 Å². The Labute approximate surface area is 125 Å². The molecule has 0 spiro atoms. The summed E-state index contributed by atoms with van der Waals surface area (Å²) in [5.74, 6) is -0.218. The maximum Gasteiger partial charge on any atom is 0.245 e. The SMILES string of the molecule is Cc1nnc(NC2CCN(Cc3ccc(F)cc3)C2=O)s1. The van der Waals surface area contributed by atoms with Gasteiger partial charge in [0, 0.05) is 13.1 Å². The highest BCUT2D eigenvalue weighted by Crippen LogP contribution is 2.21. The summed E-state index contributed by atoms with van der Waals surface area (Å²) < 4.78 is 12.9. The van der Waals surface area contributed by atoms with Crippen molar-refractivity contribution in [2.24, 2.45) is 0 Å². The van der Waals surface area contributed by atoms with Crippen molar-refractivity contribution in [3.8, 4) is 0 Å². The van der Waals surface area contributed by atoms with E-state index in [4.69, 9.17) is 0 Å². The van der Waals surface area contributed by atoms with E-state index in [1.165, 1.54) is 23.5 Å². The van der Waals surface area contributed by atoms with Gasteiger partial charge in [0.15, 0.2) is 0 Å². The highest BCUT2D eigenvalue weighted by atomic mass is 32.1. The molecule has 1 aliphatic rings. The number of anilines is 1. The molecule has 2 heterocycles. The summed E-state index contributed by atoms with van der Waals surface area (Å²) in [4.78, 5) is 14.1. The molecule has 3 rings (SSSR count). The topological polar surface area (TPSA) is 58.1 Å². The van der Waals surface area contributed by atoms with E-state index < -0.39 is 0 Å². The summed E-state index contributed by atoms with van der Waals surface area (Å²) in [7, 11) is 0. The summed E-state index contributed by atoms with van der Waals surface area (Å²) in [5.41, 5.74) is 0.928. The molecule has 0 radical (unpaired) electrons. The fraction of sp³-hybridized carbons (Fsp3) is 0.357. The number of nitrogens with zero attached hydrogens (tertiary/aromatic N) is 3. The molecule has 7 heteroatoms. The minimum absolute atomic E-state index is 0.0483. The van der Waals surface area contributed by atoms with Gasteiger partial charge in [-0.15, -0.1) is 10.2 Å². The Bertz CT molecular complexity index is 643. The van der Waals surface area contributed by atoms with Gasteiger partial charge in [-0.2, -0.15) is 0 Å². The number of nitrogens with one attached hydrogen (secondary N) is 1. The van der Waals surface area contributed by atoms with Crippen molar-refractivity contribution in [1.82, 2.24) is 15.1 Å². The van der Waals surface area contributed by atoms with Crippen molar-refractivity contribution in [1.29, 1.82) is 0 Å². The lowest BCUT2D eigenvalue weighted by Crippen LogP contribution is -2.33. The van der Waals surface area contributed by atoms with Gasteiger partial charge < -0.3 is 10.2 Å². The number of rotatable bonds is 4. The van der Waals surface area contributed by atoms with Crippen LogP contribution in [0.1, 0.15) is 17.0 Å². The van der Waals surface area contributed by atoms with Crippen molar-refractivity contribution in [2.75, 3.05) is 11.9 Å². The smallest absolute Gasteiger partial charge is 0.245 e. The molecule has 1 saturated heterocycles. The number of benzene rings is 1. The molecule has 110 valence electrons. The molecule has 1 aliphatic heterocycles. The Balaban J connectivity index is 1.62. The normalized spacial score (nSPS) is 18.3. The second-order valence-corrected chi connectivity index (χ2v) is 6.18. The lowest BCUT2D eigenvalue weighted by atomic mass is 10.2. The standard InChI is InChI=1S/C14H15FN4OS/c1-9-17-18-14(21-9)16-12-6-7-19(13(12)20)8-10-2-4-11(15)5-3-10/h2-5,12H,6-8H2,1H3,(H,16,18). The summed E-state index contributed by atoms with van der Waals surface area (Å²) in [6.07, 6.45) is 0.735. The first-order valence-electron chi connectivity index (χ1n) is 6.72. The second kappa shape index (κ2) is 5.77. The van der Waals surface area contributed by atoms with E-state index in [-0.39, 0.29) is 17.8 Å². The first kappa shape index (κ1) is 13.9. The minimum atomic E-state index is -0.266. The van der Waals surface area contributed by atoms with Gasteiger partial charge in [0.05, 0.1) is 0 Å². The lowest BCUT2D eigenvalue weighted by Gasteiger charge is -2.17. The van der Waals surface area contributed by atoms with Gasteiger partial charge in [-0.05, 0) is 31.0 Å². The zero-order valence-corrected chi connectivity index (χ0v) is 12.4. The molecule has 1 atom stereocenters. The number of aromatic nitrogens is 2. The fourth-order valence-corrected chi connectivity index (χ4v) is 2.99. The number of hydrogen-bond donors (Lipinski definition) is 1. The van der Waals surface area contributed by atoms with Crippen molar-refractivity contribution in [3.05, 3.63) is 40.7 Å². The van der Waals surface area contributed by atoms with Gasteiger partial charge in [-0.1, -0.05) is 23.5 Å². The molecular formula is C14H15FN4OS. The van der Waals surface area contributed by atoms with Gasteiger partial charge in [-0.25, -0.2) is 4.39 Å². The molecule has 0 saturated carbocycles. The Morgan fingerprint density at radius 2 is 2.14 bits per heavy atom. The van der Waals surface area contributed by atoms with E-state index in [0.717, 1.165) is 17.0 Å². The largest absolute Gasteiger partial charge is 0.348 e. The van der Waals surface area contributed by atoms with Crippen LogP contribution in [0.5, 0.6) is 0 Å². The molecule has 0 bridgehead atoms. The number of aryl methyl sites for hydroxylation is 1. The van der Waals surface area contributed by atoms with Crippen molar-refractivity contribution < 1.29 is 9.18 Å². The Kier molecular flexibility index (Phi) is 3.83. The summed E-state index contributed by atoms with van der Waals surface area (Å²) in [6, 6.07) is 5.98. The van der Waals surface area contributed by atoms with Gasteiger partial charge in [0.1, 0.15) is 16.9 Å². The first-order valence-corrected chi connectivity index (χ1v) is 7.53. The number of halogens is 1. The average Bonchev–Trinajstić information content (AvgIpc) is 3.02. The molecule has 5 nitrogen and oxygen atoms in total. The molecule has 1 unspecified atom stereocenters. The Hall–Kier alpha value is -2.02. The minimum Gasteiger partial charge on any atom is -0.348 e. The van der Waals surface area contributed by atoms with Crippen LogP contribution in [-0.4, -0.2) is 33.6 Å². The second-order valence-electron chi connectivity index (χ2n) is 5.00. The van der Waals surface area contributed by atoms with Gasteiger partial charge in [-0.3, -0.25) is 4.79 Å². The van der Waals surface area contributed by atoms with Crippen molar-refractivity contribution in [3.63, 3.8) is 0 Å². The fourth-order valence-electron chi connectivity index (χ4n) is 2.34. The third kappa shape index (κ3) is 3.18. The summed E-state index contributed by atoms with van der Waals surface area (Å²) in [5, 5.41) is 12.6. The maximum atomic E-state index is 12.9. The monoisotopic (exact) mass is 306 g/mol. The molecule has 1 aromatic heterocycles. The van der Waals surface area contributed by atoms with Gasteiger partial charge in [0.2, 0.25) is 11.0 Å². The third-order valence-corrected chi connectivity index (χ3v) is 4.18. The van der Waals surface area contributed by atoms with E-state index in [1.807, 2.05) is 6.92 Å². The number of likely N-dealkylation sites (tertiary alicyclic amines) is 1. The molecule has 0 aliphatic carbocycles. The highest BCUT2D eigenvalue weighted by Gasteiger charge is 2.32. The number of carbonyl (C=O) groups excluding carboxylic acids is 1. The molecule has 1 amide bonds. The number of amides is 1. The van der Waals surface area contributed by atoms with Crippen LogP contribution >= 0.6 is 11.3 Å². The van der Waals surface area contributed by atoms with Crippen LogP contribution in [0.2, 0.25) is 0 Å². The molecule has 1 N–H and O–H groups in total. The van der Waals surface area contributed by atoms with Gasteiger partial charge in [0.25, 0.3) is 0 Å². The van der Waals surface area contributed by atoms with Crippen LogP contribution in [0, 0.1) is 12.7 Å². The van der Waals surface area contributed by atoms with Crippen LogP contribution in [0.3, 0.4) is 0 Å². The van der Waals surface area contributed by atoms with Crippen molar-refractivity contribution in [2.45, 2.75) is 25.9 Å². The number of hydrogen-bond acceptors (Lipinski definition) is 5. The van der Waals surface area contributed by atoms with E-state index in [2.05, 4.69) is 15.5 Å². The molecule has 1 fully saturated rings. The van der Waals surface area contributed by atoms with Crippen LogP contribution in [0.15, 0.2) is 24.3 Å². The zero-order valence-electron chi connectivity index (χ0n) is 11.5. The zero-order chi connectivity index (χ0) is 14.8. The van der Waals surface area contributed by atoms with E-state index >= 15 is 0 Å². The predicted molar refractivity (Wildman–Crippen MR) is 78.5 cm³/mol. The maximum absolute atomic E-state index is 12.9. The van der Waals surface area contributed by atoms with Gasteiger partial charge >= 0.3 is 0 Å². The Morgan fingerprint density at radius 1 is 1.38 bits per heavy atom. The number of carbonyl (C=O) groups is 1. The van der Waals surface area contributed by atoms with E-state index in [1.54, 1.807) is 17.0 Å². The summed E-state index contributed by atoms with van der Waals surface area (Å²) >= 11 is 1.44. The van der Waals surface area contributed by atoms with E-state index in [0.29, 0.717) is 18.2 Å². The molecule has 1 aromatic carbocycles. The Morgan fingerprint density at radius 3 is 2.81 bits per heavy atom. The summed E-state index contributed by atoms with van der Waals surface area (Å²) in [6.45, 7) is 3.07. The van der Waals surface area contributed by atoms with Crippen LogP contribution in [-0.2, 0) is 11.3 Å². The molecule has 21 heavy (non-hydrogen) atoms. The average molecular weight is 306 g/mol. The lowest BCUT2D eigenvalue weighted by molar-refractivity contribution is -0.128. The van der Waals surface area contributed by atoms with E-state index in [9.17, 15) is 9.18 Å². The molecular weight excluding hydrogens is 291 g/mol. The van der Waals surface area contributed by atoms with Crippen LogP contribution < -0.4 is 5.32 Å². The first-order chi connectivity index (χ1) is 10.1.